The molecule has 2 amide bonds. The number of carbonyl (C=O) groups is 3. The molecule has 3 rings (SSSR count). The average molecular weight is 461 g/mol. The number of para-hydroxylation sites is 1. The minimum atomic E-state index is -0.795. The van der Waals surface area contributed by atoms with Gasteiger partial charge in [0.25, 0.3) is 17.5 Å². The van der Waals surface area contributed by atoms with Crippen molar-refractivity contribution < 1.29 is 24.0 Å². The van der Waals surface area contributed by atoms with Crippen LogP contribution in [0, 0.1) is 17.0 Å². The number of benzene rings is 3. The van der Waals surface area contributed by atoms with Crippen molar-refractivity contribution in [2.24, 2.45) is 0 Å². The smallest absolute Gasteiger partial charge is 0.338 e. The number of amides is 2. The fourth-order valence-corrected chi connectivity index (χ4v) is 3.28. The van der Waals surface area contributed by atoms with Crippen molar-refractivity contribution in [3.63, 3.8) is 0 Å². The van der Waals surface area contributed by atoms with Gasteiger partial charge in [0.05, 0.1) is 27.8 Å². The minimum absolute atomic E-state index is 0.0885. The molecule has 9 nitrogen and oxygen atoms in total. The number of nitro benzene ring substituents is 1. The Kier molecular flexibility index (Phi) is 7.71. The lowest BCUT2D eigenvalue weighted by Crippen LogP contribution is -2.28. The van der Waals surface area contributed by atoms with Crippen molar-refractivity contribution in [3.8, 4) is 0 Å². The Balaban J connectivity index is 1.61. The highest BCUT2D eigenvalue weighted by Crippen LogP contribution is 2.20. The van der Waals surface area contributed by atoms with Gasteiger partial charge in [-0.2, -0.15) is 0 Å². The quantitative estimate of drug-likeness (QED) is 0.294. The number of ether oxygens (including phenoxy) is 1. The fraction of sp³-hybridized carbons (Fsp3) is 0.160. The zero-order chi connectivity index (χ0) is 24.7. The molecule has 3 aromatic carbocycles. The Morgan fingerprint density at radius 2 is 1.68 bits per heavy atom. The standard InChI is InChI=1S/C25H23N3O6/c1-16-14-19(12-13-22(16)28(32)33)25(31)34-15-23(29)27-21-11-7-6-10-20(21)24(30)26-17(2)18-8-4-3-5-9-18/h3-14,17H,15H2,1-2H3,(H,26,30)(H,27,29). The minimum Gasteiger partial charge on any atom is -0.452 e. The second-order valence-electron chi connectivity index (χ2n) is 7.53. The molecule has 2 N–H and O–H groups in total. The Bertz CT molecular complexity index is 1230. The fourth-order valence-electron chi connectivity index (χ4n) is 3.28. The number of nitrogens with one attached hydrogen (secondary N) is 2. The molecule has 0 fully saturated rings. The van der Waals surface area contributed by atoms with Crippen LogP contribution in [0.25, 0.3) is 0 Å². The third-order valence-corrected chi connectivity index (χ3v) is 5.06. The van der Waals surface area contributed by atoms with Crippen LogP contribution >= 0.6 is 0 Å². The maximum absolute atomic E-state index is 12.8. The van der Waals surface area contributed by atoms with E-state index >= 15 is 0 Å². The molecule has 174 valence electrons. The summed E-state index contributed by atoms with van der Waals surface area (Å²) in [5, 5.41) is 16.4. The van der Waals surface area contributed by atoms with Gasteiger partial charge in [0.15, 0.2) is 6.61 Å². The van der Waals surface area contributed by atoms with Crippen molar-refractivity contribution in [2.75, 3.05) is 11.9 Å². The molecule has 0 saturated carbocycles. The molecule has 0 saturated heterocycles. The van der Waals surface area contributed by atoms with E-state index in [1.54, 1.807) is 24.3 Å². The highest BCUT2D eigenvalue weighted by Gasteiger charge is 2.18. The number of rotatable bonds is 8. The largest absolute Gasteiger partial charge is 0.452 e. The van der Waals surface area contributed by atoms with E-state index in [0.29, 0.717) is 5.56 Å². The van der Waals surface area contributed by atoms with Crippen molar-refractivity contribution in [2.45, 2.75) is 19.9 Å². The van der Waals surface area contributed by atoms with Crippen molar-refractivity contribution >= 4 is 29.2 Å². The molecule has 1 unspecified atom stereocenters. The van der Waals surface area contributed by atoms with Gasteiger partial charge in [-0.15, -0.1) is 0 Å². The number of anilines is 1. The predicted octanol–water partition coefficient (Wildman–Crippen LogP) is 4.19. The number of nitro groups is 1. The van der Waals surface area contributed by atoms with Gasteiger partial charge >= 0.3 is 5.97 Å². The number of carbonyl (C=O) groups excluding carboxylic acids is 3. The predicted molar refractivity (Wildman–Crippen MR) is 126 cm³/mol. The molecule has 0 radical (unpaired) electrons. The zero-order valence-corrected chi connectivity index (χ0v) is 18.6. The number of aryl methyl sites for hydroxylation is 1. The van der Waals surface area contributed by atoms with Crippen molar-refractivity contribution in [1.82, 2.24) is 5.32 Å². The zero-order valence-electron chi connectivity index (χ0n) is 18.6. The summed E-state index contributed by atoms with van der Waals surface area (Å²) in [6.07, 6.45) is 0. The van der Waals surface area contributed by atoms with Crippen LogP contribution in [0.4, 0.5) is 11.4 Å². The second-order valence-corrected chi connectivity index (χ2v) is 7.53. The Hall–Kier alpha value is -4.53. The average Bonchev–Trinajstić information content (AvgIpc) is 2.83. The van der Waals surface area contributed by atoms with Gasteiger partial charge in [-0.05, 0) is 43.7 Å². The first kappa shape index (κ1) is 24.1. The van der Waals surface area contributed by atoms with Gasteiger partial charge in [0.2, 0.25) is 0 Å². The highest BCUT2D eigenvalue weighted by atomic mass is 16.6. The first-order valence-corrected chi connectivity index (χ1v) is 10.4. The molecule has 0 aromatic heterocycles. The summed E-state index contributed by atoms with van der Waals surface area (Å²) < 4.78 is 5.02. The van der Waals surface area contributed by atoms with Gasteiger partial charge < -0.3 is 15.4 Å². The summed E-state index contributed by atoms with van der Waals surface area (Å²) in [6.45, 7) is 2.77. The van der Waals surface area contributed by atoms with Gasteiger partial charge in [-0.25, -0.2) is 4.79 Å². The molecular formula is C25H23N3O6. The van der Waals surface area contributed by atoms with E-state index in [1.165, 1.54) is 25.1 Å². The van der Waals surface area contributed by atoms with Gasteiger partial charge in [0.1, 0.15) is 0 Å². The Labute approximate surface area is 195 Å². The third-order valence-electron chi connectivity index (χ3n) is 5.06. The summed E-state index contributed by atoms with van der Waals surface area (Å²) >= 11 is 0. The Morgan fingerprint density at radius 1 is 1.00 bits per heavy atom. The number of nitrogens with zero attached hydrogens (tertiary/aromatic N) is 1. The van der Waals surface area contributed by atoms with Crippen LogP contribution in [-0.4, -0.2) is 29.3 Å². The molecule has 3 aromatic rings. The summed E-state index contributed by atoms with van der Waals surface area (Å²) in [7, 11) is 0. The lowest BCUT2D eigenvalue weighted by Gasteiger charge is -2.16. The van der Waals surface area contributed by atoms with Crippen molar-refractivity contribution in [3.05, 3.63) is 105 Å². The molecular weight excluding hydrogens is 438 g/mol. The van der Waals surface area contributed by atoms with Gasteiger partial charge in [-0.1, -0.05) is 42.5 Å². The molecule has 0 bridgehead atoms. The highest BCUT2D eigenvalue weighted by molar-refractivity contribution is 6.04. The first-order valence-electron chi connectivity index (χ1n) is 10.4. The van der Waals surface area contributed by atoms with E-state index in [2.05, 4.69) is 10.6 Å². The van der Waals surface area contributed by atoms with Crippen LogP contribution < -0.4 is 10.6 Å². The van der Waals surface area contributed by atoms with E-state index in [4.69, 9.17) is 4.74 Å². The van der Waals surface area contributed by atoms with E-state index in [-0.39, 0.29) is 34.5 Å². The SMILES string of the molecule is Cc1cc(C(=O)OCC(=O)Nc2ccccc2C(=O)NC(C)c2ccccc2)ccc1[N+](=O)[O-]. The van der Waals surface area contributed by atoms with Crippen LogP contribution in [0.2, 0.25) is 0 Å². The second kappa shape index (κ2) is 10.9. The molecule has 1 atom stereocenters. The van der Waals surface area contributed by atoms with Gasteiger partial charge in [0, 0.05) is 11.6 Å². The van der Waals surface area contributed by atoms with Crippen LogP contribution in [0.5, 0.6) is 0 Å². The topological polar surface area (TPSA) is 128 Å². The summed E-state index contributed by atoms with van der Waals surface area (Å²) in [4.78, 5) is 47.7. The molecule has 0 aliphatic heterocycles. The van der Waals surface area contributed by atoms with E-state index in [9.17, 15) is 24.5 Å². The van der Waals surface area contributed by atoms with Crippen LogP contribution in [-0.2, 0) is 9.53 Å². The molecule has 0 spiro atoms. The normalized spacial score (nSPS) is 11.2. The number of esters is 1. The van der Waals surface area contributed by atoms with Gasteiger partial charge in [-0.3, -0.25) is 19.7 Å². The summed E-state index contributed by atoms with van der Waals surface area (Å²) in [5.74, 6) is -1.80. The van der Waals surface area contributed by atoms with E-state index in [0.717, 1.165) is 5.56 Å². The van der Waals surface area contributed by atoms with Crippen molar-refractivity contribution in [1.29, 1.82) is 0 Å². The maximum Gasteiger partial charge on any atom is 0.338 e. The molecule has 0 heterocycles. The van der Waals surface area contributed by atoms with Crippen LogP contribution in [0.15, 0.2) is 72.8 Å². The number of hydrogen-bond donors (Lipinski definition) is 2. The summed E-state index contributed by atoms with van der Waals surface area (Å²) in [6, 6.07) is 19.5. The van der Waals surface area contributed by atoms with E-state index in [1.807, 2.05) is 37.3 Å². The van der Waals surface area contributed by atoms with E-state index < -0.39 is 23.4 Å². The lowest BCUT2D eigenvalue weighted by atomic mass is 10.1. The molecule has 0 aliphatic carbocycles. The van der Waals surface area contributed by atoms with Crippen LogP contribution in [0.1, 0.15) is 44.8 Å². The molecule has 9 heteroatoms. The third kappa shape index (κ3) is 6.04. The first-order chi connectivity index (χ1) is 16.3. The maximum atomic E-state index is 12.8. The Morgan fingerprint density at radius 3 is 2.35 bits per heavy atom. The van der Waals surface area contributed by atoms with Crippen LogP contribution in [0.3, 0.4) is 0 Å². The molecule has 34 heavy (non-hydrogen) atoms. The summed E-state index contributed by atoms with van der Waals surface area (Å²) in [5.41, 5.74) is 1.74. The monoisotopic (exact) mass is 461 g/mol. The lowest BCUT2D eigenvalue weighted by molar-refractivity contribution is -0.385. The molecule has 0 aliphatic rings. The number of hydrogen-bond acceptors (Lipinski definition) is 6.